The van der Waals surface area contributed by atoms with E-state index in [0.717, 1.165) is 22.3 Å². The number of fused-ring (bicyclic) bond motifs is 3. The number of hydrogen-bond acceptors (Lipinski definition) is 5. The molecule has 180 valence electrons. The van der Waals surface area contributed by atoms with E-state index in [0.29, 0.717) is 0 Å². The Morgan fingerprint density at radius 1 is 1.06 bits per heavy atom. The van der Waals surface area contributed by atoms with E-state index in [1.54, 1.807) is 0 Å². The van der Waals surface area contributed by atoms with E-state index < -0.39 is 36.2 Å². The lowest BCUT2D eigenvalue weighted by atomic mass is 9.98. The molecule has 8 nitrogen and oxygen atoms in total. The molecule has 1 heterocycles. The predicted molar refractivity (Wildman–Crippen MR) is 125 cm³/mol. The second kappa shape index (κ2) is 9.85. The minimum absolute atomic E-state index is 0.00717. The van der Waals surface area contributed by atoms with Crippen LogP contribution in [-0.4, -0.2) is 64.4 Å². The van der Waals surface area contributed by atoms with Crippen LogP contribution in [0.3, 0.4) is 0 Å². The Hall–Kier alpha value is -3.39. The van der Waals surface area contributed by atoms with Crippen LogP contribution in [0.1, 0.15) is 43.7 Å². The van der Waals surface area contributed by atoms with E-state index >= 15 is 0 Å². The third-order valence-electron chi connectivity index (χ3n) is 6.73. The summed E-state index contributed by atoms with van der Waals surface area (Å²) in [4.78, 5) is 38.1. The van der Waals surface area contributed by atoms with Gasteiger partial charge in [0.15, 0.2) is 0 Å². The monoisotopic (exact) mass is 466 g/mol. The highest BCUT2D eigenvalue weighted by molar-refractivity contribution is 5.85. The minimum Gasteiger partial charge on any atom is -0.480 e. The summed E-state index contributed by atoms with van der Waals surface area (Å²) in [5.74, 6) is -1.71. The predicted octanol–water partition coefficient (Wildman–Crippen LogP) is 2.99. The summed E-state index contributed by atoms with van der Waals surface area (Å²) in [6.07, 6.45) is -1.55. The van der Waals surface area contributed by atoms with Gasteiger partial charge in [-0.15, -0.1) is 0 Å². The number of alkyl carbamates (subject to hydrolysis) is 1. The molecule has 8 heteroatoms. The summed E-state index contributed by atoms with van der Waals surface area (Å²) in [7, 11) is 0. The van der Waals surface area contributed by atoms with Gasteiger partial charge in [-0.2, -0.15) is 0 Å². The Morgan fingerprint density at radius 3 is 2.21 bits per heavy atom. The number of aliphatic hydroxyl groups is 1. The molecule has 2 amide bonds. The van der Waals surface area contributed by atoms with Crippen molar-refractivity contribution in [3.05, 3.63) is 59.7 Å². The number of carbonyl (C=O) groups excluding carboxylic acids is 2. The van der Waals surface area contributed by atoms with Gasteiger partial charge in [0.1, 0.15) is 12.6 Å². The molecule has 1 aliphatic heterocycles. The Labute approximate surface area is 198 Å². The number of carboxylic acid groups (broad SMARTS) is 1. The van der Waals surface area contributed by atoms with E-state index in [1.165, 1.54) is 4.90 Å². The summed E-state index contributed by atoms with van der Waals surface area (Å²) in [5.41, 5.74) is 4.50. The number of nitrogens with zero attached hydrogens (tertiary/aromatic N) is 1. The Kier molecular flexibility index (Phi) is 6.88. The fourth-order valence-corrected chi connectivity index (χ4v) is 4.87. The molecule has 0 radical (unpaired) electrons. The lowest BCUT2D eigenvalue weighted by Gasteiger charge is -2.27. The highest BCUT2D eigenvalue weighted by Gasteiger charge is 2.39. The van der Waals surface area contributed by atoms with Crippen LogP contribution in [0.25, 0.3) is 11.1 Å². The average Bonchev–Trinajstić information content (AvgIpc) is 3.35. The number of rotatable bonds is 7. The molecule has 3 N–H and O–H groups in total. The molecule has 2 aromatic carbocycles. The largest absolute Gasteiger partial charge is 0.480 e. The third kappa shape index (κ3) is 4.77. The van der Waals surface area contributed by atoms with Crippen molar-refractivity contribution in [3.63, 3.8) is 0 Å². The van der Waals surface area contributed by atoms with Crippen molar-refractivity contribution in [1.82, 2.24) is 10.2 Å². The first-order valence-electron chi connectivity index (χ1n) is 11.6. The smallest absolute Gasteiger partial charge is 0.407 e. The molecule has 1 aliphatic carbocycles. The highest BCUT2D eigenvalue weighted by atomic mass is 16.5. The molecule has 0 aromatic heterocycles. The van der Waals surface area contributed by atoms with Crippen molar-refractivity contribution in [3.8, 4) is 11.1 Å². The van der Waals surface area contributed by atoms with Crippen molar-refractivity contribution in [1.29, 1.82) is 0 Å². The number of carbonyl (C=O) groups is 3. The van der Waals surface area contributed by atoms with Gasteiger partial charge in [-0.3, -0.25) is 4.79 Å². The molecule has 0 spiro atoms. The third-order valence-corrected chi connectivity index (χ3v) is 6.73. The maximum absolute atomic E-state index is 12.8. The van der Waals surface area contributed by atoms with Crippen LogP contribution in [0.2, 0.25) is 0 Å². The number of carboxylic acids is 1. The lowest BCUT2D eigenvalue weighted by molar-refractivity contribution is -0.148. The zero-order valence-corrected chi connectivity index (χ0v) is 19.3. The van der Waals surface area contributed by atoms with Crippen LogP contribution in [0, 0.1) is 5.92 Å². The summed E-state index contributed by atoms with van der Waals surface area (Å²) >= 11 is 0. The Bertz CT molecular complexity index is 1040. The molecule has 0 saturated carbocycles. The molecule has 1 unspecified atom stereocenters. The van der Waals surface area contributed by atoms with Gasteiger partial charge in [0, 0.05) is 31.3 Å². The number of ether oxygens (including phenoxy) is 1. The molecule has 4 rings (SSSR count). The van der Waals surface area contributed by atoms with Gasteiger partial charge < -0.3 is 25.2 Å². The number of amides is 2. The first-order chi connectivity index (χ1) is 16.3. The minimum atomic E-state index is -1.14. The summed E-state index contributed by atoms with van der Waals surface area (Å²) in [5, 5.41) is 22.0. The van der Waals surface area contributed by atoms with Gasteiger partial charge in [-0.05, 0) is 28.2 Å². The summed E-state index contributed by atoms with van der Waals surface area (Å²) < 4.78 is 5.59. The number of hydrogen-bond donors (Lipinski definition) is 3. The van der Waals surface area contributed by atoms with E-state index in [4.69, 9.17) is 4.74 Å². The molecular formula is C26H30N2O6. The van der Waals surface area contributed by atoms with Crippen LogP contribution in [0.5, 0.6) is 0 Å². The molecule has 34 heavy (non-hydrogen) atoms. The SMILES string of the molecule is CC(C)C(CC(=O)N1C[C@@H](O)C[C@H]1C(=O)O)NC(=O)OCC1c2ccccc2-c2ccccc21. The van der Waals surface area contributed by atoms with Crippen LogP contribution in [-0.2, 0) is 14.3 Å². The zero-order valence-electron chi connectivity index (χ0n) is 19.3. The zero-order chi connectivity index (χ0) is 24.4. The van der Waals surface area contributed by atoms with Gasteiger partial charge in [0.2, 0.25) is 5.91 Å². The van der Waals surface area contributed by atoms with E-state index in [2.05, 4.69) is 17.4 Å². The number of likely N-dealkylation sites (tertiary alicyclic amines) is 1. The summed E-state index contributed by atoms with van der Waals surface area (Å²) in [6.45, 7) is 3.88. The number of β-amino-alcohol motifs (C(OH)–C–C–N with tert-alkyl or cyclic N) is 1. The van der Waals surface area contributed by atoms with E-state index in [9.17, 15) is 24.6 Å². The van der Waals surface area contributed by atoms with Crippen molar-refractivity contribution in [2.75, 3.05) is 13.2 Å². The molecule has 2 aliphatic rings. The van der Waals surface area contributed by atoms with Crippen LogP contribution >= 0.6 is 0 Å². The topological polar surface area (TPSA) is 116 Å². The van der Waals surface area contributed by atoms with Crippen LogP contribution < -0.4 is 5.32 Å². The number of nitrogens with one attached hydrogen (secondary N) is 1. The molecule has 1 fully saturated rings. The van der Waals surface area contributed by atoms with Gasteiger partial charge in [-0.25, -0.2) is 9.59 Å². The average molecular weight is 467 g/mol. The standard InChI is InChI=1S/C26H30N2O6/c1-15(2)22(12-24(30)28-13-16(29)11-23(28)25(31)32)27-26(33)34-14-21-19-9-5-3-7-17(19)18-8-4-6-10-20(18)21/h3-10,15-16,21-23,29H,11-14H2,1-2H3,(H,27,33)(H,31,32)/t16-,22?,23-/m0/s1. The fourth-order valence-electron chi connectivity index (χ4n) is 4.87. The van der Waals surface area contributed by atoms with Crippen molar-refractivity contribution in [2.24, 2.45) is 5.92 Å². The normalized spacial score (nSPS) is 20.1. The Morgan fingerprint density at radius 2 is 1.65 bits per heavy atom. The van der Waals surface area contributed by atoms with Crippen LogP contribution in [0.4, 0.5) is 4.79 Å². The Balaban J connectivity index is 1.39. The van der Waals surface area contributed by atoms with Crippen molar-refractivity contribution >= 4 is 18.0 Å². The molecular weight excluding hydrogens is 436 g/mol. The molecule has 0 bridgehead atoms. The first-order valence-corrected chi connectivity index (χ1v) is 11.6. The second-order valence-electron chi connectivity index (χ2n) is 9.31. The number of benzene rings is 2. The summed E-state index contributed by atoms with van der Waals surface area (Å²) in [6, 6.07) is 14.5. The maximum Gasteiger partial charge on any atom is 0.407 e. The lowest BCUT2D eigenvalue weighted by Crippen LogP contribution is -2.46. The van der Waals surface area contributed by atoms with Crippen LogP contribution in [0.15, 0.2) is 48.5 Å². The van der Waals surface area contributed by atoms with E-state index in [-0.39, 0.29) is 37.8 Å². The number of aliphatic carboxylic acids is 1. The fraction of sp³-hybridized carbons (Fsp3) is 0.423. The molecule has 1 saturated heterocycles. The van der Waals surface area contributed by atoms with Gasteiger partial charge in [0.05, 0.1) is 6.10 Å². The van der Waals surface area contributed by atoms with Gasteiger partial charge in [0.25, 0.3) is 0 Å². The van der Waals surface area contributed by atoms with Crippen molar-refractivity contribution < 1.29 is 29.3 Å². The van der Waals surface area contributed by atoms with Crippen molar-refractivity contribution in [2.45, 2.75) is 50.8 Å². The number of aliphatic hydroxyl groups excluding tert-OH is 1. The maximum atomic E-state index is 12.8. The first kappa shape index (κ1) is 23.8. The molecule has 3 atom stereocenters. The second-order valence-corrected chi connectivity index (χ2v) is 9.31. The quantitative estimate of drug-likeness (QED) is 0.578. The van der Waals surface area contributed by atoms with E-state index in [1.807, 2.05) is 50.2 Å². The highest BCUT2D eigenvalue weighted by Crippen LogP contribution is 2.44. The van der Waals surface area contributed by atoms with Gasteiger partial charge in [-0.1, -0.05) is 62.4 Å². The van der Waals surface area contributed by atoms with Gasteiger partial charge >= 0.3 is 12.1 Å². The molecule has 2 aromatic rings.